The lowest BCUT2D eigenvalue weighted by atomic mass is 10.1. The number of carbonyl (C=O) groups is 2. The topological polar surface area (TPSA) is 75.4 Å². The van der Waals surface area contributed by atoms with E-state index in [1.54, 1.807) is 11.0 Å². The molecule has 0 spiro atoms. The van der Waals surface area contributed by atoms with Gasteiger partial charge in [0.05, 0.1) is 0 Å². The van der Waals surface area contributed by atoms with Crippen molar-refractivity contribution in [1.29, 1.82) is 0 Å². The molecular formula is C13H17N3O3. The van der Waals surface area contributed by atoms with Gasteiger partial charge in [0, 0.05) is 25.1 Å². The first-order valence-corrected chi connectivity index (χ1v) is 6.76. The highest BCUT2D eigenvalue weighted by Crippen LogP contribution is 2.40. The van der Waals surface area contributed by atoms with Crippen LogP contribution >= 0.6 is 0 Å². The van der Waals surface area contributed by atoms with E-state index >= 15 is 0 Å². The van der Waals surface area contributed by atoms with Crippen molar-refractivity contribution in [3.8, 4) is 0 Å². The van der Waals surface area contributed by atoms with Gasteiger partial charge >= 0.3 is 0 Å². The van der Waals surface area contributed by atoms with Crippen LogP contribution in [0.1, 0.15) is 48.4 Å². The van der Waals surface area contributed by atoms with E-state index in [9.17, 15) is 9.59 Å². The normalized spacial score (nSPS) is 23.3. The molecule has 0 bridgehead atoms. The van der Waals surface area contributed by atoms with Crippen molar-refractivity contribution in [3.05, 3.63) is 17.5 Å². The Morgan fingerprint density at radius 1 is 1.58 bits per heavy atom. The van der Waals surface area contributed by atoms with Crippen molar-refractivity contribution in [3.63, 3.8) is 0 Å². The van der Waals surface area contributed by atoms with Gasteiger partial charge in [-0.25, -0.2) is 0 Å². The van der Waals surface area contributed by atoms with E-state index in [0.29, 0.717) is 31.1 Å². The van der Waals surface area contributed by atoms with Gasteiger partial charge in [-0.1, -0.05) is 12.1 Å². The molecule has 0 unspecified atom stereocenters. The Balaban J connectivity index is 1.78. The fourth-order valence-electron chi connectivity index (χ4n) is 2.46. The van der Waals surface area contributed by atoms with Crippen LogP contribution in [0.15, 0.2) is 10.6 Å². The Morgan fingerprint density at radius 2 is 2.37 bits per heavy atom. The lowest BCUT2D eigenvalue weighted by Crippen LogP contribution is -2.56. The first-order valence-electron chi connectivity index (χ1n) is 6.76. The van der Waals surface area contributed by atoms with E-state index < -0.39 is 6.04 Å². The summed E-state index contributed by atoms with van der Waals surface area (Å²) in [5.74, 6) is 0.920. The maximum atomic E-state index is 12.4. The quantitative estimate of drug-likeness (QED) is 0.879. The molecule has 102 valence electrons. The van der Waals surface area contributed by atoms with E-state index in [2.05, 4.69) is 10.5 Å². The van der Waals surface area contributed by atoms with Crippen LogP contribution in [0.5, 0.6) is 0 Å². The standard InChI is InChI=1S/C13H17N3O3/c1-2-10-12(17)14-5-6-16(10)13(18)9-7-11(19-15-9)8-3-4-8/h7-8,10H,2-6H2,1H3,(H,14,17)/t10-/m0/s1. The molecule has 0 aromatic carbocycles. The van der Waals surface area contributed by atoms with Gasteiger partial charge in [0.1, 0.15) is 11.8 Å². The molecule has 1 aliphatic carbocycles. The van der Waals surface area contributed by atoms with Gasteiger partial charge in [0.2, 0.25) is 5.91 Å². The average Bonchev–Trinajstić information content (AvgIpc) is 3.15. The summed E-state index contributed by atoms with van der Waals surface area (Å²) >= 11 is 0. The van der Waals surface area contributed by atoms with Crippen LogP contribution in [-0.2, 0) is 4.79 Å². The summed E-state index contributed by atoms with van der Waals surface area (Å²) in [6, 6.07) is 1.32. The largest absolute Gasteiger partial charge is 0.360 e. The molecular weight excluding hydrogens is 246 g/mol. The summed E-state index contributed by atoms with van der Waals surface area (Å²) in [6.45, 7) is 2.91. The van der Waals surface area contributed by atoms with Gasteiger partial charge < -0.3 is 14.7 Å². The molecule has 6 heteroatoms. The highest BCUT2D eigenvalue weighted by Gasteiger charge is 2.35. The highest BCUT2D eigenvalue weighted by molar-refractivity contribution is 5.96. The van der Waals surface area contributed by atoms with Gasteiger partial charge in [-0.15, -0.1) is 0 Å². The molecule has 1 saturated heterocycles. The zero-order chi connectivity index (χ0) is 13.4. The molecule has 0 radical (unpaired) electrons. The first kappa shape index (κ1) is 12.2. The minimum atomic E-state index is -0.401. The minimum absolute atomic E-state index is 0.0898. The molecule has 1 aromatic rings. The number of amides is 2. The first-order chi connectivity index (χ1) is 9.20. The minimum Gasteiger partial charge on any atom is -0.360 e. The predicted octanol–water partition coefficient (Wildman–Crippen LogP) is 0.903. The molecule has 2 amide bonds. The number of hydrogen-bond acceptors (Lipinski definition) is 4. The smallest absolute Gasteiger partial charge is 0.276 e. The molecule has 1 saturated carbocycles. The molecule has 2 heterocycles. The molecule has 1 atom stereocenters. The summed E-state index contributed by atoms with van der Waals surface area (Å²) in [6.07, 6.45) is 2.81. The van der Waals surface area contributed by atoms with Gasteiger partial charge in [-0.3, -0.25) is 9.59 Å². The molecule has 2 fully saturated rings. The van der Waals surface area contributed by atoms with Crippen molar-refractivity contribution in [2.75, 3.05) is 13.1 Å². The monoisotopic (exact) mass is 263 g/mol. The fraction of sp³-hybridized carbons (Fsp3) is 0.615. The summed E-state index contributed by atoms with van der Waals surface area (Å²) in [4.78, 5) is 25.7. The second-order valence-corrected chi connectivity index (χ2v) is 5.10. The summed E-state index contributed by atoms with van der Waals surface area (Å²) in [7, 11) is 0. The summed E-state index contributed by atoms with van der Waals surface area (Å²) in [5.41, 5.74) is 0.315. The number of carbonyl (C=O) groups excluding carboxylic acids is 2. The van der Waals surface area contributed by atoms with Crippen molar-refractivity contribution in [2.24, 2.45) is 0 Å². The van der Waals surface area contributed by atoms with Crippen LogP contribution in [-0.4, -0.2) is 41.0 Å². The Hall–Kier alpha value is -1.85. The van der Waals surface area contributed by atoms with E-state index in [1.165, 1.54) is 0 Å². The Labute approximate surface area is 111 Å². The third-order valence-corrected chi connectivity index (χ3v) is 3.71. The van der Waals surface area contributed by atoms with E-state index in [0.717, 1.165) is 18.6 Å². The van der Waals surface area contributed by atoms with Crippen LogP contribution in [0.25, 0.3) is 0 Å². The Morgan fingerprint density at radius 3 is 3.05 bits per heavy atom. The van der Waals surface area contributed by atoms with Gasteiger partial charge in [0.15, 0.2) is 5.69 Å². The molecule has 6 nitrogen and oxygen atoms in total. The van der Waals surface area contributed by atoms with Crippen LogP contribution in [0.2, 0.25) is 0 Å². The number of piperazine rings is 1. The van der Waals surface area contributed by atoms with Crippen LogP contribution in [0.3, 0.4) is 0 Å². The van der Waals surface area contributed by atoms with Gasteiger partial charge in [-0.2, -0.15) is 0 Å². The Bertz CT molecular complexity index is 507. The Kier molecular flexibility index (Phi) is 3.00. The maximum absolute atomic E-state index is 12.4. The summed E-state index contributed by atoms with van der Waals surface area (Å²) < 4.78 is 5.20. The van der Waals surface area contributed by atoms with Crippen molar-refractivity contribution < 1.29 is 14.1 Å². The van der Waals surface area contributed by atoms with Crippen LogP contribution < -0.4 is 5.32 Å². The van der Waals surface area contributed by atoms with Gasteiger partial charge in [-0.05, 0) is 19.3 Å². The average molecular weight is 263 g/mol. The van der Waals surface area contributed by atoms with Crippen molar-refractivity contribution in [2.45, 2.75) is 38.1 Å². The number of aromatic nitrogens is 1. The number of nitrogens with zero attached hydrogens (tertiary/aromatic N) is 2. The molecule has 2 aliphatic rings. The number of rotatable bonds is 3. The SMILES string of the molecule is CC[C@H]1C(=O)NCCN1C(=O)c1cc(C2CC2)on1. The predicted molar refractivity (Wildman–Crippen MR) is 66.6 cm³/mol. The third kappa shape index (κ3) is 2.22. The van der Waals surface area contributed by atoms with Crippen molar-refractivity contribution >= 4 is 11.8 Å². The fourth-order valence-corrected chi connectivity index (χ4v) is 2.46. The maximum Gasteiger partial charge on any atom is 0.276 e. The number of nitrogens with one attached hydrogen (secondary N) is 1. The van der Waals surface area contributed by atoms with Crippen molar-refractivity contribution in [1.82, 2.24) is 15.4 Å². The van der Waals surface area contributed by atoms with Crippen LogP contribution in [0, 0.1) is 0 Å². The number of hydrogen-bond donors (Lipinski definition) is 1. The lowest BCUT2D eigenvalue weighted by molar-refractivity contribution is -0.127. The third-order valence-electron chi connectivity index (χ3n) is 3.71. The van der Waals surface area contributed by atoms with Gasteiger partial charge in [0.25, 0.3) is 5.91 Å². The zero-order valence-corrected chi connectivity index (χ0v) is 10.9. The second-order valence-electron chi connectivity index (χ2n) is 5.10. The summed E-state index contributed by atoms with van der Waals surface area (Å²) in [5, 5.41) is 6.62. The molecule has 3 rings (SSSR count). The highest BCUT2D eigenvalue weighted by atomic mass is 16.5. The molecule has 1 aromatic heterocycles. The van der Waals surface area contributed by atoms with Crippen LogP contribution in [0.4, 0.5) is 0 Å². The lowest BCUT2D eigenvalue weighted by Gasteiger charge is -2.33. The molecule has 1 N–H and O–H groups in total. The zero-order valence-electron chi connectivity index (χ0n) is 10.9. The van der Waals surface area contributed by atoms with E-state index in [-0.39, 0.29) is 11.8 Å². The second kappa shape index (κ2) is 4.68. The molecule has 19 heavy (non-hydrogen) atoms. The van der Waals surface area contributed by atoms with E-state index in [4.69, 9.17) is 4.52 Å². The van der Waals surface area contributed by atoms with E-state index in [1.807, 2.05) is 6.92 Å². The molecule has 1 aliphatic heterocycles.